The largest absolute Gasteiger partial charge is 0.356 e. The van der Waals surface area contributed by atoms with Crippen LogP contribution >= 0.6 is 0 Å². The Morgan fingerprint density at radius 3 is 2.49 bits per heavy atom. The van der Waals surface area contributed by atoms with Crippen LogP contribution in [-0.4, -0.2) is 68.4 Å². The Kier molecular flexibility index (Phi) is 8.73. The monoisotopic (exact) mass is 562 g/mol. The second-order valence-corrected chi connectivity index (χ2v) is 12.6. The summed E-state index contributed by atoms with van der Waals surface area (Å²) in [5.41, 5.74) is 0.581. The molecule has 0 spiro atoms. The van der Waals surface area contributed by atoms with Crippen LogP contribution in [0.15, 0.2) is 41.6 Å². The molecule has 4 amide bonds. The molecular weight excluding hydrogens is 527 g/mol. The highest BCUT2D eigenvalue weighted by atomic mass is 32.2. The predicted molar refractivity (Wildman–Crippen MR) is 141 cm³/mol. The van der Waals surface area contributed by atoms with Gasteiger partial charge >= 0.3 is 0 Å². The van der Waals surface area contributed by atoms with E-state index in [1.54, 1.807) is 30.3 Å². The molecule has 3 fully saturated rings. The van der Waals surface area contributed by atoms with E-state index in [9.17, 15) is 32.0 Å². The van der Waals surface area contributed by atoms with E-state index in [0.29, 0.717) is 25.1 Å². The van der Waals surface area contributed by atoms with Gasteiger partial charge in [-0.1, -0.05) is 36.8 Å². The summed E-state index contributed by atoms with van der Waals surface area (Å²) < 4.78 is 38.1. The van der Waals surface area contributed by atoms with Crippen molar-refractivity contribution >= 4 is 33.5 Å². The molecule has 1 saturated carbocycles. The quantitative estimate of drug-likeness (QED) is 0.415. The van der Waals surface area contributed by atoms with Gasteiger partial charge in [0.05, 0.1) is 6.04 Å². The maximum atomic E-state index is 14.5. The van der Waals surface area contributed by atoms with Crippen LogP contribution in [0, 0.1) is 17.8 Å². The minimum Gasteiger partial charge on any atom is -0.356 e. The number of carbonyl (C=O) groups is 4. The van der Waals surface area contributed by atoms with Crippen molar-refractivity contribution in [2.75, 3.05) is 19.3 Å². The van der Waals surface area contributed by atoms with Gasteiger partial charge in [0.15, 0.2) is 0 Å². The summed E-state index contributed by atoms with van der Waals surface area (Å²) in [6.45, 7) is 2.10. The number of amides is 4. The summed E-state index contributed by atoms with van der Waals surface area (Å²) in [7, 11) is -4.15. The molecule has 2 aliphatic heterocycles. The fraction of sp³-hybridized carbons (Fsp3) is 0.556. The number of hydrogen-bond acceptors (Lipinski definition) is 6. The van der Waals surface area contributed by atoms with Crippen molar-refractivity contribution in [3.8, 4) is 0 Å². The number of likely N-dealkylation sites (tertiary alicyclic amines) is 1. The van der Waals surface area contributed by atoms with Crippen LogP contribution < -0.4 is 16.0 Å². The zero-order valence-electron chi connectivity index (χ0n) is 22.1. The highest BCUT2D eigenvalue weighted by molar-refractivity contribution is 7.94. The van der Waals surface area contributed by atoms with Gasteiger partial charge in [-0.15, -0.1) is 0 Å². The number of rotatable bonds is 9. The van der Waals surface area contributed by atoms with E-state index in [1.807, 2.05) is 0 Å². The second-order valence-electron chi connectivity index (χ2n) is 10.7. The lowest BCUT2D eigenvalue weighted by Crippen LogP contribution is -2.53. The van der Waals surface area contributed by atoms with Crippen molar-refractivity contribution in [3.63, 3.8) is 0 Å². The summed E-state index contributed by atoms with van der Waals surface area (Å²) >= 11 is 0. The minimum atomic E-state index is -4.15. The van der Waals surface area contributed by atoms with Gasteiger partial charge in [-0.3, -0.25) is 19.2 Å². The lowest BCUT2D eigenvalue weighted by Gasteiger charge is -2.32. The van der Waals surface area contributed by atoms with Gasteiger partial charge in [0.1, 0.15) is 12.1 Å². The van der Waals surface area contributed by atoms with Crippen molar-refractivity contribution in [3.05, 3.63) is 47.1 Å². The maximum Gasteiger partial charge on any atom is 0.250 e. The zero-order chi connectivity index (χ0) is 28.3. The Morgan fingerprint density at radius 1 is 1.15 bits per heavy atom. The SMILES string of the molecule is CC(=O)N[C@H](C(=O)N1C[C@H]2CCC[C@H]2[C@H]1C(=O)N[C@@H](/C=C(\F)S(C)(=O)=O)C[C@@H]1CCNC1=O)c1ccccc1. The third-order valence-electron chi connectivity index (χ3n) is 7.88. The summed E-state index contributed by atoms with van der Waals surface area (Å²) in [6, 6.07) is 5.83. The van der Waals surface area contributed by atoms with Gasteiger partial charge in [-0.25, -0.2) is 8.42 Å². The summed E-state index contributed by atoms with van der Waals surface area (Å²) in [4.78, 5) is 53.3. The molecule has 0 unspecified atom stereocenters. The molecule has 4 rings (SSSR count). The van der Waals surface area contributed by atoms with E-state index in [0.717, 1.165) is 31.6 Å². The molecule has 3 aliphatic rings. The molecule has 0 bridgehead atoms. The lowest BCUT2D eigenvalue weighted by atomic mass is 9.92. The van der Waals surface area contributed by atoms with Crippen molar-refractivity contribution in [2.24, 2.45) is 17.8 Å². The first-order chi connectivity index (χ1) is 18.5. The first-order valence-electron chi connectivity index (χ1n) is 13.2. The highest BCUT2D eigenvalue weighted by Crippen LogP contribution is 2.43. The molecule has 6 atom stereocenters. The van der Waals surface area contributed by atoms with E-state index in [-0.39, 0.29) is 24.2 Å². The van der Waals surface area contributed by atoms with Gasteiger partial charge in [0.25, 0.3) is 5.91 Å². The van der Waals surface area contributed by atoms with Crippen LogP contribution in [0.5, 0.6) is 0 Å². The normalized spacial score (nSPS) is 26.5. The zero-order valence-corrected chi connectivity index (χ0v) is 22.9. The number of hydrogen-bond donors (Lipinski definition) is 3. The Morgan fingerprint density at radius 2 is 1.87 bits per heavy atom. The molecule has 2 saturated heterocycles. The molecular formula is C27H35FN4O6S. The molecule has 212 valence electrons. The van der Waals surface area contributed by atoms with Crippen molar-refractivity contribution < 1.29 is 32.0 Å². The van der Waals surface area contributed by atoms with Crippen LogP contribution in [0.25, 0.3) is 0 Å². The van der Waals surface area contributed by atoms with E-state index in [1.165, 1.54) is 11.8 Å². The fourth-order valence-electron chi connectivity index (χ4n) is 6.07. The molecule has 12 heteroatoms. The number of nitrogens with one attached hydrogen (secondary N) is 3. The van der Waals surface area contributed by atoms with Crippen LogP contribution in [0.2, 0.25) is 0 Å². The maximum absolute atomic E-state index is 14.5. The molecule has 1 aromatic carbocycles. The summed E-state index contributed by atoms with van der Waals surface area (Å²) in [5, 5.41) is 6.75. The molecule has 2 heterocycles. The molecule has 1 aliphatic carbocycles. The summed E-state index contributed by atoms with van der Waals surface area (Å²) in [6.07, 6.45) is 4.54. The van der Waals surface area contributed by atoms with Crippen LogP contribution in [-0.2, 0) is 29.0 Å². The topological polar surface area (TPSA) is 142 Å². The average molecular weight is 563 g/mol. The number of sulfone groups is 1. The van der Waals surface area contributed by atoms with Crippen LogP contribution in [0.1, 0.15) is 50.6 Å². The second kappa shape index (κ2) is 11.8. The standard InChI is InChI=1S/C27H35FN4O6S/c1-16(33)30-23(17-7-4-3-5-8-17)27(36)32-15-19-9-6-10-21(19)24(32)26(35)31-20(14-22(28)39(2,37)38)13-18-11-12-29-25(18)34/h3-5,7-8,14,18-21,23-24H,6,9-13,15H2,1-2H3,(H,29,34)(H,30,33)(H,31,35)/b22-14+/t18-,19+,20+,21+,23-,24-/m0/s1. The highest BCUT2D eigenvalue weighted by Gasteiger charge is 2.51. The van der Waals surface area contributed by atoms with Gasteiger partial charge < -0.3 is 20.9 Å². The first-order valence-corrected chi connectivity index (χ1v) is 15.1. The van der Waals surface area contributed by atoms with Crippen LogP contribution in [0.4, 0.5) is 4.39 Å². The third kappa shape index (κ3) is 6.66. The predicted octanol–water partition coefficient (Wildman–Crippen LogP) is 1.36. The van der Waals surface area contributed by atoms with Crippen molar-refractivity contribution in [1.29, 1.82) is 0 Å². The Hall–Kier alpha value is -3.28. The van der Waals surface area contributed by atoms with E-state index >= 15 is 0 Å². The van der Waals surface area contributed by atoms with Crippen LogP contribution in [0.3, 0.4) is 0 Å². The molecule has 1 aromatic rings. The van der Waals surface area contributed by atoms with E-state index in [4.69, 9.17) is 0 Å². The number of halogens is 1. The van der Waals surface area contributed by atoms with Gasteiger partial charge in [-0.2, -0.15) is 4.39 Å². The van der Waals surface area contributed by atoms with Gasteiger partial charge in [0, 0.05) is 32.2 Å². The lowest BCUT2D eigenvalue weighted by molar-refractivity contribution is -0.142. The van der Waals surface area contributed by atoms with Gasteiger partial charge in [0.2, 0.25) is 32.7 Å². The fourth-order valence-corrected chi connectivity index (χ4v) is 6.48. The molecule has 3 N–H and O–H groups in total. The minimum absolute atomic E-state index is 0.0216. The number of carbonyl (C=O) groups excluding carboxylic acids is 4. The number of nitrogens with zero attached hydrogens (tertiary/aromatic N) is 1. The molecule has 39 heavy (non-hydrogen) atoms. The molecule has 0 radical (unpaired) electrons. The Labute approximate surface area is 227 Å². The summed E-state index contributed by atoms with van der Waals surface area (Å²) in [5.74, 6) is -2.13. The molecule has 0 aromatic heterocycles. The average Bonchev–Trinajstić information content (AvgIpc) is 3.58. The Balaban J connectivity index is 1.62. The van der Waals surface area contributed by atoms with Crippen molar-refractivity contribution in [2.45, 2.75) is 57.2 Å². The van der Waals surface area contributed by atoms with Gasteiger partial charge in [-0.05, 0) is 49.2 Å². The third-order valence-corrected chi connectivity index (χ3v) is 8.73. The number of fused-ring (bicyclic) bond motifs is 1. The number of benzene rings is 1. The van der Waals surface area contributed by atoms with Crippen molar-refractivity contribution in [1.82, 2.24) is 20.9 Å². The van der Waals surface area contributed by atoms with E-state index in [2.05, 4.69) is 16.0 Å². The van der Waals surface area contributed by atoms with E-state index < -0.39 is 56.8 Å². The first kappa shape index (κ1) is 28.7. The smallest absolute Gasteiger partial charge is 0.250 e. The Bertz CT molecular complexity index is 1250. The molecule has 10 nitrogen and oxygen atoms in total.